The van der Waals surface area contributed by atoms with Crippen LogP contribution in [0.2, 0.25) is 0 Å². The Morgan fingerprint density at radius 3 is 2.87 bits per heavy atom. The average Bonchev–Trinajstić information content (AvgIpc) is 2.83. The van der Waals surface area contributed by atoms with E-state index in [4.69, 9.17) is 4.74 Å². The lowest BCUT2D eigenvalue weighted by atomic mass is 9.96. The third-order valence-corrected chi connectivity index (χ3v) is 4.01. The monoisotopic (exact) mass is 319 g/mol. The molecule has 1 unspecified atom stereocenters. The topological polar surface area (TPSA) is 70.7 Å². The lowest BCUT2D eigenvalue weighted by molar-refractivity contribution is -0.125. The molecule has 0 bridgehead atoms. The lowest BCUT2D eigenvalue weighted by Crippen LogP contribution is -2.44. The van der Waals surface area contributed by atoms with Crippen LogP contribution in [-0.2, 0) is 9.53 Å². The summed E-state index contributed by atoms with van der Waals surface area (Å²) in [5.74, 6) is -0.631. The Labute approximate surface area is 133 Å². The first-order valence-electron chi connectivity index (χ1n) is 7.45. The summed E-state index contributed by atoms with van der Waals surface area (Å²) in [6, 6.07) is 4.97. The molecule has 7 heteroatoms. The third-order valence-electron chi connectivity index (χ3n) is 4.01. The van der Waals surface area contributed by atoms with E-state index >= 15 is 0 Å². The summed E-state index contributed by atoms with van der Waals surface area (Å²) in [7, 11) is 1.60. The summed E-state index contributed by atoms with van der Waals surface area (Å²) in [5.41, 5.74) is 1.25. The molecule has 1 aromatic carbocycles. The maximum Gasteiger partial charge on any atom is 0.319 e. The number of halogens is 1. The van der Waals surface area contributed by atoms with Crippen LogP contribution >= 0.6 is 0 Å². The first-order chi connectivity index (χ1) is 11.1. The quantitative estimate of drug-likeness (QED) is 0.804. The van der Waals surface area contributed by atoms with Crippen molar-refractivity contribution in [2.75, 3.05) is 26.8 Å². The van der Waals surface area contributed by atoms with Crippen LogP contribution in [0.1, 0.15) is 18.0 Å². The van der Waals surface area contributed by atoms with Crippen molar-refractivity contribution in [2.45, 2.75) is 12.5 Å². The highest BCUT2D eigenvalue weighted by Gasteiger charge is 2.40. The number of nitrogens with one attached hydrogen (secondary N) is 2. The van der Waals surface area contributed by atoms with Gasteiger partial charge in [0.1, 0.15) is 5.82 Å². The molecule has 0 radical (unpaired) electrons. The number of nitrogens with zero attached hydrogens (tertiary/aromatic N) is 1. The fourth-order valence-corrected chi connectivity index (χ4v) is 2.95. The van der Waals surface area contributed by atoms with Crippen LogP contribution in [0.15, 0.2) is 35.5 Å². The molecule has 1 atom stereocenters. The molecule has 2 heterocycles. The predicted molar refractivity (Wildman–Crippen MR) is 80.9 cm³/mol. The van der Waals surface area contributed by atoms with Crippen LogP contribution in [0.25, 0.3) is 0 Å². The molecule has 3 rings (SSSR count). The fraction of sp³-hybridized carbons (Fsp3) is 0.375. The summed E-state index contributed by atoms with van der Waals surface area (Å²) < 4.78 is 19.1. The van der Waals surface area contributed by atoms with Gasteiger partial charge in [-0.2, -0.15) is 0 Å². The molecule has 3 amide bonds. The molecule has 2 N–H and O–H groups in total. The van der Waals surface area contributed by atoms with Gasteiger partial charge < -0.3 is 20.3 Å². The summed E-state index contributed by atoms with van der Waals surface area (Å²) in [6.45, 7) is 1.41. The van der Waals surface area contributed by atoms with Crippen molar-refractivity contribution >= 4 is 11.9 Å². The normalized spacial score (nSPS) is 20.4. The molecule has 1 aromatic rings. The second kappa shape index (κ2) is 6.37. The van der Waals surface area contributed by atoms with E-state index < -0.39 is 17.9 Å². The van der Waals surface area contributed by atoms with Crippen LogP contribution in [0, 0.1) is 5.82 Å². The molecule has 0 spiro atoms. The number of carbonyl (C=O) groups is 2. The van der Waals surface area contributed by atoms with E-state index in [0.717, 1.165) is 0 Å². The Balaban J connectivity index is 1.88. The Kier molecular flexibility index (Phi) is 4.29. The zero-order valence-corrected chi connectivity index (χ0v) is 12.8. The minimum atomic E-state index is -0.764. The largest absolute Gasteiger partial charge is 0.385 e. The first kappa shape index (κ1) is 15.5. The van der Waals surface area contributed by atoms with Gasteiger partial charge in [-0.15, -0.1) is 0 Å². The van der Waals surface area contributed by atoms with Gasteiger partial charge >= 0.3 is 6.03 Å². The SMILES string of the molecule is COCCCN1CC2=C(C1=O)C(c1ccccc1F)NC(=O)N2. The fourth-order valence-electron chi connectivity index (χ4n) is 2.95. The minimum absolute atomic E-state index is 0.183. The molecule has 6 nitrogen and oxygen atoms in total. The molecule has 2 aliphatic heterocycles. The van der Waals surface area contributed by atoms with Crippen LogP contribution in [0.5, 0.6) is 0 Å². The predicted octanol–water partition coefficient (Wildman–Crippen LogP) is 1.31. The molecule has 0 aromatic heterocycles. The smallest absolute Gasteiger partial charge is 0.319 e. The Bertz CT molecular complexity index is 674. The number of urea groups is 1. The van der Waals surface area contributed by atoms with Gasteiger partial charge in [0.05, 0.1) is 23.9 Å². The van der Waals surface area contributed by atoms with Gasteiger partial charge in [-0.3, -0.25) is 4.79 Å². The van der Waals surface area contributed by atoms with Crippen molar-refractivity contribution in [3.63, 3.8) is 0 Å². The highest BCUT2D eigenvalue weighted by atomic mass is 19.1. The Morgan fingerprint density at radius 1 is 1.35 bits per heavy atom. The van der Waals surface area contributed by atoms with Crippen molar-refractivity contribution in [2.24, 2.45) is 0 Å². The summed E-state index contributed by atoms with van der Waals surface area (Å²) in [5, 5.41) is 5.30. The van der Waals surface area contributed by atoms with Crippen molar-refractivity contribution in [1.82, 2.24) is 15.5 Å². The van der Waals surface area contributed by atoms with Crippen LogP contribution in [-0.4, -0.2) is 43.6 Å². The molecule has 0 saturated carbocycles. The van der Waals surface area contributed by atoms with Crippen molar-refractivity contribution in [3.05, 3.63) is 46.9 Å². The highest BCUT2D eigenvalue weighted by Crippen LogP contribution is 2.33. The van der Waals surface area contributed by atoms with E-state index in [0.29, 0.717) is 43.0 Å². The van der Waals surface area contributed by atoms with Gasteiger partial charge in [0.2, 0.25) is 0 Å². The Morgan fingerprint density at radius 2 is 2.13 bits per heavy atom. The van der Waals surface area contributed by atoms with E-state index in [2.05, 4.69) is 10.6 Å². The standard InChI is InChI=1S/C16H18FN3O3/c1-23-8-4-7-20-9-12-13(15(20)21)14(19-16(22)18-12)10-5-2-3-6-11(10)17/h2-3,5-6,14H,4,7-9H2,1H3,(H2,18,19,22). The van der Waals surface area contributed by atoms with E-state index in [1.54, 1.807) is 30.2 Å². The molecular weight excluding hydrogens is 301 g/mol. The number of ether oxygens (including phenoxy) is 1. The molecule has 0 fully saturated rings. The molecule has 2 aliphatic rings. The minimum Gasteiger partial charge on any atom is -0.385 e. The number of carbonyl (C=O) groups excluding carboxylic acids is 2. The highest BCUT2D eigenvalue weighted by molar-refractivity contribution is 6.01. The number of rotatable bonds is 5. The summed E-state index contributed by atoms with van der Waals surface area (Å²) >= 11 is 0. The zero-order valence-electron chi connectivity index (χ0n) is 12.8. The average molecular weight is 319 g/mol. The van der Waals surface area contributed by atoms with E-state index in [1.807, 2.05) is 0 Å². The zero-order chi connectivity index (χ0) is 16.4. The van der Waals surface area contributed by atoms with E-state index in [1.165, 1.54) is 6.07 Å². The van der Waals surface area contributed by atoms with Gasteiger partial charge in [0, 0.05) is 25.8 Å². The van der Waals surface area contributed by atoms with Gasteiger partial charge in [-0.1, -0.05) is 18.2 Å². The van der Waals surface area contributed by atoms with Crippen molar-refractivity contribution in [1.29, 1.82) is 0 Å². The Hall–Kier alpha value is -2.41. The molecule has 23 heavy (non-hydrogen) atoms. The van der Waals surface area contributed by atoms with E-state index in [-0.39, 0.29) is 5.91 Å². The maximum absolute atomic E-state index is 14.1. The van der Waals surface area contributed by atoms with Gasteiger partial charge in [-0.25, -0.2) is 9.18 Å². The van der Waals surface area contributed by atoms with Crippen molar-refractivity contribution < 1.29 is 18.7 Å². The maximum atomic E-state index is 14.1. The van der Waals surface area contributed by atoms with Gasteiger partial charge in [-0.05, 0) is 12.5 Å². The van der Waals surface area contributed by atoms with Crippen LogP contribution in [0.4, 0.5) is 9.18 Å². The first-order valence-corrected chi connectivity index (χ1v) is 7.45. The molecular formula is C16H18FN3O3. The van der Waals surface area contributed by atoms with Gasteiger partial charge in [0.15, 0.2) is 0 Å². The number of amides is 3. The summed E-state index contributed by atoms with van der Waals surface area (Å²) in [4.78, 5) is 26.1. The number of hydrogen-bond acceptors (Lipinski definition) is 3. The van der Waals surface area contributed by atoms with E-state index in [9.17, 15) is 14.0 Å². The molecule has 0 saturated heterocycles. The van der Waals surface area contributed by atoms with Crippen LogP contribution < -0.4 is 10.6 Å². The summed E-state index contributed by atoms with van der Waals surface area (Å²) in [6.07, 6.45) is 0.703. The second-order valence-corrected chi connectivity index (χ2v) is 5.52. The third kappa shape index (κ3) is 2.92. The number of hydrogen-bond donors (Lipinski definition) is 2. The van der Waals surface area contributed by atoms with Crippen molar-refractivity contribution in [3.8, 4) is 0 Å². The lowest BCUT2D eigenvalue weighted by Gasteiger charge is -2.25. The second-order valence-electron chi connectivity index (χ2n) is 5.52. The number of methoxy groups -OCH3 is 1. The molecule has 0 aliphatic carbocycles. The van der Waals surface area contributed by atoms with Gasteiger partial charge in [0.25, 0.3) is 5.91 Å². The number of benzene rings is 1. The van der Waals surface area contributed by atoms with Crippen LogP contribution in [0.3, 0.4) is 0 Å². The molecule has 122 valence electrons.